The van der Waals surface area contributed by atoms with Crippen molar-refractivity contribution >= 4 is 0 Å². The molecule has 0 saturated carbocycles. The van der Waals surface area contributed by atoms with E-state index in [0.29, 0.717) is 6.04 Å². The van der Waals surface area contributed by atoms with Crippen LogP contribution >= 0.6 is 0 Å². The van der Waals surface area contributed by atoms with E-state index in [4.69, 9.17) is 9.47 Å². The lowest BCUT2D eigenvalue weighted by Crippen LogP contribution is -2.40. The Morgan fingerprint density at radius 3 is 1.20 bits per heavy atom. The third-order valence-electron chi connectivity index (χ3n) is 11.1. The summed E-state index contributed by atoms with van der Waals surface area (Å²) in [7, 11) is 2.22. The minimum atomic E-state index is 0.689. The van der Waals surface area contributed by atoms with Crippen LogP contribution in [0.15, 0.2) is 0 Å². The van der Waals surface area contributed by atoms with E-state index in [9.17, 15) is 0 Å². The van der Waals surface area contributed by atoms with Gasteiger partial charge in [-0.2, -0.15) is 0 Å². The molecule has 0 spiro atoms. The highest BCUT2D eigenvalue weighted by Gasteiger charge is 2.19. The number of morpholine rings is 1. The third kappa shape index (κ3) is 20.7. The lowest BCUT2D eigenvalue weighted by Gasteiger charge is -2.31. The van der Waals surface area contributed by atoms with E-state index in [-0.39, 0.29) is 0 Å². The molecule has 0 aliphatic carbocycles. The molecule has 270 valence electrons. The van der Waals surface area contributed by atoms with Crippen LogP contribution in [0, 0.1) is 47.3 Å². The molecule has 1 unspecified atom stereocenters. The Labute approximate surface area is 282 Å². The molecule has 6 heteroatoms. The molecule has 45 heavy (non-hydrogen) atoms. The summed E-state index contributed by atoms with van der Waals surface area (Å²) in [5, 5.41) is 6.72. The van der Waals surface area contributed by atoms with Crippen LogP contribution in [0.4, 0.5) is 0 Å². The van der Waals surface area contributed by atoms with Crippen LogP contribution in [0.3, 0.4) is 0 Å². The second kappa shape index (κ2) is 25.7. The maximum absolute atomic E-state index is 5.25. The SMILES string of the molecule is CC(C)C1CCN(C)CC1.CC(C)C1CCNC1.CC(C)C1CCNCC1.CC(C)C1CCOCC1.CC(C)N1CCOCC1. The standard InChI is InChI=1S/C9H19N.C8H17N.C8H16O.C7H15NO.C7H15N/c1-8(2)9-4-6-10(3)7-5-9;3*1-7(2)8-3-5-9-6-4-8;1-6(2)7-3-4-8-5-7/h8-9H,4-7H2,1-3H3;7-9H,3-6H2,1-2H3;7-8H,3-6H2,1-2H3;7H,3-6H2,1-2H3;6-8H,3-5H2,1-2H3. The van der Waals surface area contributed by atoms with Crippen molar-refractivity contribution in [3.8, 4) is 0 Å². The number of nitrogens with zero attached hydrogens (tertiary/aromatic N) is 2. The maximum Gasteiger partial charge on any atom is 0.0594 e. The van der Waals surface area contributed by atoms with Gasteiger partial charge >= 0.3 is 0 Å². The van der Waals surface area contributed by atoms with E-state index in [1.807, 2.05) is 0 Å². The molecule has 2 N–H and O–H groups in total. The van der Waals surface area contributed by atoms with Crippen molar-refractivity contribution in [2.45, 2.75) is 120 Å². The van der Waals surface area contributed by atoms with Crippen LogP contribution < -0.4 is 10.6 Å². The summed E-state index contributed by atoms with van der Waals surface area (Å²) in [6.07, 6.45) is 9.53. The summed E-state index contributed by atoms with van der Waals surface area (Å²) >= 11 is 0. The molecule has 5 saturated heterocycles. The van der Waals surface area contributed by atoms with Crippen LogP contribution in [-0.2, 0) is 9.47 Å². The van der Waals surface area contributed by atoms with Gasteiger partial charge in [-0.1, -0.05) is 55.4 Å². The van der Waals surface area contributed by atoms with Crippen LogP contribution in [-0.4, -0.2) is 102 Å². The first-order chi connectivity index (χ1) is 21.4. The lowest BCUT2D eigenvalue weighted by atomic mass is 9.87. The molecule has 0 radical (unpaired) electrons. The van der Waals surface area contributed by atoms with Gasteiger partial charge in [0, 0.05) is 32.3 Å². The van der Waals surface area contributed by atoms with Crippen LogP contribution in [0.5, 0.6) is 0 Å². The second-order valence-electron chi connectivity index (χ2n) is 16.1. The first-order valence-corrected chi connectivity index (χ1v) is 19.4. The molecule has 0 aromatic rings. The number of rotatable bonds is 5. The molecule has 5 aliphatic heterocycles. The molecule has 5 aliphatic rings. The summed E-state index contributed by atoms with van der Waals surface area (Å²) in [4.78, 5) is 4.86. The number of hydrogen-bond donors (Lipinski definition) is 2. The first-order valence-electron chi connectivity index (χ1n) is 19.4. The second-order valence-corrected chi connectivity index (χ2v) is 16.1. The Morgan fingerprint density at radius 1 is 0.467 bits per heavy atom. The van der Waals surface area contributed by atoms with E-state index < -0.39 is 0 Å². The Balaban J connectivity index is 0.000000282. The molecular formula is C39H82N4O2. The number of hydrogen-bond acceptors (Lipinski definition) is 6. The zero-order chi connectivity index (χ0) is 33.6. The van der Waals surface area contributed by atoms with Crippen molar-refractivity contribution in [1.82, 2.24) is 20.4 Å². The van der Waals surface area contributed by atoms with Gasteiger partial charge in [-0.05, 0) is 152 Å². The van der Waals surface area contributed by atoms with Gasteiger partial charge in [0.25, 0.3) is 0 Å². The van der Waals surface area contributed by atoms with E-state index in [0.717, 1.165) is 86.9 Å². The highest BCUT2D eigenvalue weighted by Crippen LogP contribution is 2.24. The molecular weight excluding hydrogens is 556 g/mol. The number of likely N-dealkylation sites (tertiary alicyclic amines) is 1. The van der Waals surface area contributed by atoms with E-state index >= 15 is 0 Å². The highest BCUT2D eigenvalue weighted by atomic mass is 16.5. The van der Waals surface area contributed by atoms with Gasteiger partial charge in [-0.3, -0.25) is 4.90 Å². The van der Waals surface area contributed by atoms with Crippen molar-refractivity contribution in [3.63, 3.8) is 0 Å². The Morgan fingerprint density at radius 2 is 0.867 bits per heavy atom. The highest BCUT2D eigenvalue weighted by molar-refractivity contribution is 4.74. The van der Waals surface area contributed by atoms with Crippen molar-refractivity contribution in [2.24, 2.45) is 47.3 Å². The van der Waals surface area contributed by atoms with Crippen molar-refractivity contribution < 1.29 is 9.47 Å². The Hall–Kier alpha value is -0.240. The minimum absolute atomic E-state index is 0.689. The number of piperidine rings is 2. The molecule has 0 bridgehead atoms. The fourth-order valence-electron chi connectivity index (χ4n) is 6.93. The summed E-state index contributed by atoms with van der Waals surface area (Å²) < 4.78 is 10.5. The Bertz CT molecular complexity index is 587. The molecule has 5 fully saturated rings. The summed E-state index contributed by atoms with van der Waals surface area (Å²) in [6, 6.07) is 0.689. The average molecular weight is 639 g/mol. The molecule has 6 nitrogen and oxygen atoms in total. The van der Waals surface area contributed by atoms with Gasteiger partial charge in [-0.25, -0.2) is 0 Å². The summed E-state index contributed by atoms with van der Waals surface area (Å²) in [6.45, 7) is 36.6. The third-order valence-corrected chi connectivity index (χ3v) is 11.1. The first kappa shape index (κ1) is 42.8. The molecule has 0 aromatic carbocycles. The molecule has 5 heterocycles. The van der Waals surface area contributed by atoms with E-state index in [2.05, 4.69) is 96.7 Å². The van der Waals surface area contributed by atoms with Gasteiger partial charge in [0.15, 0.2) is 0 Å². The largest absolute Gasteiger partial charge is 0.381 e. The quantitative estimate of drug-likeness (QED) is 0.322. The molecule has 1 atom stereocenters. The van der Waals surface area contributed by atoms with Crippen molar-refractivity contribution in [1.29, 1.82) is 0 Å². The number of ether oxygens (including phenoxy) is 2. The van der Waals surface area contributed by atoms with Crippen LogP contribution in [0.2, 0.25) is 0 Å². The zero-order valence-electron chi connectivity index (χ0n) is 32.3. The zero-order valence-corrected chi connectivity index (χ0v) is 32.3. The fraction of sp³-hybridized carbons (Fsp3) is 1.00. The normalized spacial score (nSPS) is 24.4. The maximum atomic E-state index is 5.25. The topological polar surface area (TPSA) is 49.0 Å². The van der Waals surface area contributed by atoms with Gasteiger partial charge in [0.2, 0.25) is 0 Å². The molecule has 5 rings (SSSR count). The van der Waals surface area contributed by atoms with E-state index in [1.165, 1.54) is 84.2 Å². The van der Waals surface area contributed by atoms with E-state index in [1.54, 1.807) is 0 Å². The monoisotopic (exact) mass is 639 g/mol. The average Bonchev–Trinajstić information content (AvgIpc) is 3.60. The lowest BCUT2D eigenvalue weighted by molar-refractivity contribution is 0.0238. The fourth-order valence-corrected chi connectivity index (χ4v) is 6.93. The Kier molecular flexibility index (Phi) is 24.5. The van der Waals surface area contributed by atoms with Crippen molar-refractivity contribution in [3.05, 3.63) is 0 Å². The summed E-state index contributed by atoms with van der Waals surface area (Å²) in [5.74, 6) is 7.40. The van der Waals surface area contributed by atoms with Gasteiger partial charge < -0.3 is 25.0 Å². The van der Waals surface area contributed by atoms with Crippen LogP contribution in [0.1, 0.15) is 114 Å². The molecule has 0 amide bonds. The van der Waals surface area contributed by atoms with Gasteiger partial charge in [-0.15, -0.1) is 0 Å². The van der Waals surface area contributed by atoms with Gasteiger partial charge in [0.05, 0.1) is 13.2 Å². The smallest absolute Gasteiger partial charge is 0.0594 e. The predicted octanol–water partition coefficient (Wildman–Crippen LogP) is 7.67. The van der Waals surface area contributed by atoms with Crippen LogP contribution in [0.25, 0.3) is 0 Å². The predicted molar refractivity (Wildman–Crippen MR) is 197 cm³/mol. The van der Waals surface area contributed by atoms with Crippen molar-refractivity contribution in [2.75, 3.05) is 85.8 Å². The number of nitrogens with one attached hydrogen (secondary N) is 2. The van der Waals surface area contributed by atoms with Gasteiger partial charge in [0.1, 0.15) is 0 Å². The molecule has 0 aromatic heterocycles. The minimum Gasteiger partial charge on any atom is -0.381 e. The summed E-state index contributed by atoms with van der Waals surface area (Å²) in [5.41, 5.74) is 0.